The van der Waals surface area contributed by atoms with Crippen molar-refractivity contribution in [1.29, 1.82) is 0 Å². The van der Waals surface area contributed by atoms with Gasteiger partial charge in [0.1, 0.15) is 17.5 Å². The van der Waals surface area contributed by atoms with Gasteiger partial charge in [0.05, 0.1) is 14.2 Å². The Balaban J connectivity index is 1.52. The number of hydrogen-bond acceptors (Lipinski definition) is 5. The van der Waals surface area contributed by atoms with Crippen molar-refractivity contribution in [3.63, 3.8) is 0 Å². The van der Waals surface area contributed by atoms with Crippen LogP contribution in [0.3, 0.4) is 0 Å². The van der Waals surface area contributed by atoms with Crippen molar-refractivity contribution < 1.29 is 23.9 Å². The summed E-state index contributed by atoms with van der Waals surface area (Å²) in [5.74, 6) is 0.425. The van der Waals surface area contributed by atoms with Crippen LogP contribution in [0.25, 0.3) is 6.08 Å². The number of benzene rings is 2. The summed E-state index contributed by atoms with van der Waals surface area (Å²) in [5, 5.41) is 2.71. The third-order valence-corrected chi connectivity index (χ3v) is 5.43. The summed E-state index contributed by atoms with van der Waals surface area (Å²) in [6.45, 7) is 3.26. The molecule has 1 heterocycles. The second-order valence-electron chi connectivity index (χ2n) is 7.69. The molecule has 1 unspecified atom stereocenters. The van der Waals surface area contributed by atoms with Crippen molar-refractivity contribution in [3.8, 4) is 11.5 Å². The Morgan fingerprint density at radius 1 is 0.909 bits per heavy atom. The van der Waals surface area contributed by atoms with Gasteiger partial charge in [-0.05, 0) is 30.7 Å². The molecule has 0 radical (unpaired) electrons. The van der Waals surface area contributed by atoms with Crippen LogP contribution in [0, 0.1) is 0 Å². The molecule has 0 saturated carbocycles. The minimum atomic E-state index is -0.664. The predicted molar refractivity (Wildman–Crippen MR) is 125 cm³/mol. The minimum absolute atomic E-state index is 0.147. The summed E-state index contributed by atoms with van der Waals surface area (Å²) >= 11 is 0. The summed E-state index contributed by atoms with van der Waals surface area (Å²) in [6, 6.07) is 13.8. The van der Waals surface area contributed by atoms with Crippen LogP contribution in [0.5, 0.6) is 11.5 Å². The fourth-order valence-corrected chi connectivity index (χ4v) is 3.58. The second-order valence-corrected chi connectivity index (χ2v) is 7.69. The predicted octanol–water partition coefficient (Wildman–Crippen LogP) is 2.21. The molecule has 0 bridgehead atoms. The molecule has 3 rings (SSSR count). The molecule has 0 aromatic heterocycles. The number of ether oxygens (including phenoxy) is 2. The standard InChI is InChI=1S/C25H29N3O5/c1-18(26-23(29)10-9-19-7-5-4-6-8-19)24(30)27-11-13-28(14-12-27)25(31)20-15-21(32-2)17-22(16-20)33-3/h4-10,15-18H,11-14H2,1-3H3,(H,26,29)/b10-9+. The van der Waals surface area contributed by atoms with Crippen molar-refractivity contribution in [3.05, 3.63) is 65.7 Å². The fraction of sp³-hybridized carbons (Fsp3) is 0.320. The number of amides is 3. The van der Waals surface area contributed by atoms with Gasteiger partial charge in [0.2, 0.25) is 11.8 Å². The number of carbonyl (C=O) groups excluding carboxylic acids is 3. The van der Waals surface area contributed by atoms with E-state index in [0.29, 0.717) is 43.2 Å². The van der Waals surface area contributed by atoms with E-state index in [9.17, 15) is 14.4 Å². The van der Waals surface area contributed by atoms with Crippen LogP contribution < -0.4 is 14.8 Å². The number of methoxy groups -OCH3 is 2. The molecule has 1 N–H and O–H groups in total. The molecule has 2 aromatic carbocycles. The Morgan fingerprint density at radius 3 is 2.06 bits per heavy atom. The number of carbonyl (C=O) groups is 3. The van der Waals surface area contributed by atoms with E-state index in [1.807, 2.05) is 30.3 Å². The third-order valence-electron chi connectivity index (χ3n) is 5.43. The molecule has 1 saturated heterocycles. The largest absolute Gasteiger partial charge is 0.497 e. The van der Waals surface area contributed by atoms with E-state index in [-0.39, 0.29) is 17.7 Å². The molecule has 1 fully saturated rings. The summed E-state index contributed by atoms with van der Waals surface area (Å²) in [7, 11) is 3.07. The smallest absolute Gasteiger partial charge is 0.254 e. The molecule has 0 aliphatic carbocycles. The highest BCUT2D eigenvalue weighted by Gasteiger charge is 2.28. The average Bonchev–Trinajstić information content (AvgIpc) is 2.86. The van der Waals surface area contributed by atoms with Gasteiger partial charge < -0.3 is 24.6 Å². The topological polar surface area (TPSA) is 88.2 Å². The molecule has 1 aliphatic heterocycles. The molecule has 1 atom stereocenters. The zero-order valence-electron chi connectivity index (χ0n) is 19.1. The molecule has 0 spiro atoms. The quantitative estimate of drug-likeness (QED) is 0.652. The first-order valence-corrected chi connectivity index (χ1v) is 10.8. The zero-order chi connectivity index (χ0) is 23.8. The number of nitrogens with one attached hydrogen (secondary N) is 1. The van der Waals surface area contributed by atoms with Gasteiger partial charge >= 0.3 is 0 Å². The Kier molecular flexibility index (Phi) is 8.07. The second kappa shape index (κ2) is 11.2. The van der Waals surface area contributed by atoms with Gasteiger partial charge in [0.25, 0.3) is 5.91 Å². The number of rotatable bonds is 7. The molecular weight excluding hydrogens is 422 g/mol. The van der Waals surface area contributed by atoms with Crippen LogP contribution in [0.2, 0.25) is 0 Å². The van der Waals surface area contributed by atoms with Gasteiger partial charge in [0, 0.05) is 43.9 Å². The lowest BCUT2D eigenvalue weighted by atomic mass is 10.1. The minimum Gasteiger partial charge on any atom is -0.497 e. The van der Waals surface area contributed by atoms with Crippen molar-refractivity contribution in [1.82, 2.24) is 15.1 Å². The van der Waals surface area contributed by atoms with Crippen molar-refractivity contribution in [2.45, 2.75) is 13.0 Å². The van der Waals surface area contributed by atoms with Crippen LogP contribution >= 0.6 is 0 Å². The maximum atomic E-state index is 12.9. The molecular formula is C25H29N3O5. The lowest BCUT2D eigenvalue weighted by Gasteiger charge is -2.36. The third kappa shape index (κ3) is 6.35. The van der Waals surface area contributed by atoms with Gasteiger partial charge in [-0.2, -0.15) is 0 Å². The highest BCUT2D eigenvalue weighted by Crippen LogP contribution is 2.24. The van der Waals surface area contributed by atoms with E-state index in [2.05, 4.69) is 5.32 Å². The van der Waals surface area contributed by atoms with Crippen molar-refractivity contribution in [2.75, 3.05) is 40.4 Å². The molecule has 2 aromatic rings. The summed E-state index contributed by atoms with van der Waals surface area (Å²) in [6.07, 6.45) is 3.11. The lowest BCUT2D eigenvalue weighted by Crippen LogP contribution is -2.55. The molecule has 3 amide bonds. The van der Waals surface area contributed by atoms with E-state index >= 15 is 0 Å². The zero-order valence-corrected chi connectivity index (χ0v) is 19.1. The Bertz CT molecular complexity index is 992. The monoisotopic (exact) mass is 451 g/mol. The summed E-state index contributed by atoms with van der Waals surface area (Å²) in [5.41, 5.74) is 1.37. The van der Waals surface area contributed by atoms with Gasteiger partial charge in [-0.3, -0.25) is 14.4 Å². The van der Waals surface area contributed by atoms with Crippen LogP contribution in [0.4, 0.5) is 0 Å². The molecule has 33 heavy (non-hydrogen) atoms. The van der Waals surface area contributed by atoms with Gasteiger partial charge in [-0.15, -0.1) is 0 Å². The average molecular weight is 452 g/mol. The molecule has 174 valence electrons. The SMILES string of the molecule is COc1cc(OC)cc(C(=O)N2CCN(C(=O)C(C)NC(=O)/C=C/c3ccccc3)CC2)c1. The van der Waals surface area contributed by atoms with Gasteiger partial charge in [0.15, 0.2) is 0 Å². The van der Waals surface area contributed by atoms with Crippen molar-refractivity contribution >= 4 is 23.8 Å². The van der Waals surface area contributed by atoms with E-state index < -0.39 is 6.04 Å². The van der Waals surface area contributed by atoms with Crippen LogP contribution in [0.15, 0.2) is 54.6 Å². The Hall–Kier alpha value is -3.81. The Labute approximate surface area is 193 Å². The van der Waals surface area contributed by atoms with E-state index in [4.69, 9.17) is 9.47 Å². The maximum Gasteiger partial charge on any atom is 0.254 e. The van der Waals surface area contributed by atoms with Crippen LogP contribution in [-0.4, -0.2) is 74.0 Å². The highest BCUT2D eigenvalue weighted by atomic mass is 16.5. The van der Waals surface area contributed by atoms with Crippen LogP contribution in [0.1, 0.15) is 22.8 Å². The fourth-order valence-electron chi connectivity index (χ4n) is 3.58. The maximum absolute atomic E-state index is 12.9. The number of hydrogen-bond donors (Lipinski definition) is 1. The van der Waals surface area contributed by atoms with Crippen LogP contribution in [-0.2, 0) is 9.59 Å². The number of nitrogens with zero attached hydrogens (tertiary/aromatic N) is 2. The number of piperazine rings is 1. The Morgan fingerprint density at radius 2 is 1.48 bits per heavy atom. The van der Waals surface area contributed by atoms with E-state index in [0.717, 1.165) is 5.56 Å². The van der Waals surface area contributed by atoms with Gasteiger partial charge in [-0.25, -0.2) is 0 Å². The highest BCUT2D eigenvalue weighted by molar-refractivity contribution is 5.96. The van der Waals surface area contributed by atoms with E-state index in [1.54, 1.807) is 41.0 Å². The molecule has 8 nitrogen and oxygen atoms in total. The summed E-state index contributed by atoms with van der Waals surface area (Å²) in [4.78, 5) is 41.2. The first kappa shape index (κ1) is 23.8. The first-order chi connectivity index (χ1) is 15.9. The lowest BCUT2D eigenvalue weighted by molar-refractivity contribution is -0.136. The van der Waals surface area contributed by atoms with Gasteiger partial charge in [-0.1, -0.05) is 30.3 Å². The molecule has 1 aliphatic rings. The van der Waals surface area contributed by atoms with E-state index in [1.165, 1.54) is 20.3 Å². The normalized spacial score (nSPS) is 14.6. The molecule has 8 heteroatoms. The first-order valence-electron chi connectivity index (χ1n) is 10.8. The summed E-state index contributed by atoms with van der Waals surface area (Å²) < 4.78 is 10.5. The van der Waals surface area contributed by atoms with Crippen molar-refractivity contribution in [2.24, 2.45) is 0 Å².